The highest BCUT2D eigenvalue weighted by Gasteiger charge is 2.25. The minimum absolute atomic E-state index is 0.245. The van der Waals surface area contributed by atoms with Crippen molar-refractivity contribution in [2.75, 3.05) is 18.1 Å². The Morgan fingerprint density at radius 1 is 1.35 bits per heavy atom. The van der Waals surface area contributed by atoms with Crippen molar-refractivity contribution in [1.29, 1.82) is 0 Å². The number of nitrogens with zero attached hydrogens (tertiary/aromatic N) is 2. The van der Waals surface area contributed by atoms with Crippen LogP contribution in [0.3, 0.4) is 0 Å². The summed E-state index contributed by atoms with van der Waals surface area (Å²) in [5.41, 5.74) is 0. The fourth-order valence-electron chi connectivity index (χ4n) is 2.26. The second kappa shape index (κ2) is 6.50. The molecule has 0 fully saturated rings. The van der Waals surface area contributed by atoms with Crippen LogP contribution < -0.4 is 5.32 Å². The summed E-state index contributed by atoms with van der Waals surface area (Å²) < 4.78 is 0.245. The Morgan fingerprint density at radius 2 is 2.05 bits per heavy atom. The zero-order chi connectivity index (χ0) is 14.8. The molecular formula is C14H20ClN3S2. The Labute approximate surface area is 133 Å². The van der Waals surface area contributed by atoms with Gasteiger partial charge in [-0.2, -0.15) is 11.8 Å². The maximum absolute atomic E-state index is 6.02. The number of nitrogens with one attached hydrogen (secondary N) is 1. The zero-order valence-electron chi connectivity index (χ0n) is 12.3. The molecule has 0 saturated heterocycles. The van der Waals surface area contributed by atoms with Crippen LogP contribution in [-0.4, -0.2) is 27.5 Å². The van der Waals surface area contributed by atoms with Crippen molar-refractivity contribution in [3.05, 3.63) is 16.2 Å². The van der Waals surface area contributed by atoms with Crippen molar-refractivity contribution in [1.82, 2.24) is 9.97 Å². The maximum Gasteiger partial charge on any atom is 0.225 e. The molecule has 0 unspecified atom stereocenters. The van der Waals surface area contributed by atoms with E-state index in [2.05, 4.69) is 48.4 Å². The van der Waals surface area contributed by atoms with E-state index in [0.29, 0.717) is 5.28 Å². The van der Waals surface area contributed by atoms with E-state index < -0.39 is 0 Å². The molecule has 0 bridgehead atoms. The summed E-state index contributed by atoms with van der Waals surface area (Å²) in [6.45, 7) is 7.44. The van der Waals surface area contributed by atoms with Gasteiger partial charge in [0, 0.05) is 16.2 Å². The van der Waals surface area contributed by atoms with E-state index in [1.807, 2.05) is 11.8 Å². The van der Waals surface area contributed by atoms with Gasteiger partial charge in [0.1, 0.15) is 10.6 Å². The van der Waals surface area contributed by atoms with Crippen molar-refractivity contribution < 1.29 is 0 Å². The molecule has 0 aromatic carbocycles. The third-order valence-electron chi connectivity index (χ3n) is 3.79. The fraction of sp³-hybridized carbons (Fsp3) is 0.571. The van der Waals surface area contributed by atoms with Crippen molar-refractivity contribution in [3.8, 4) is 0 Å². The van der Waals surface area contributed by atoms with Gasteiger partial charge in [-0.1, -0.05) is 13.8 Å². The Balaban J connectivity index is 2.29. The normalized spacial score (nSPS) is 12.1. The summed E-state index contributed by atoms with van der Waals surface area (Å²) in [6.07, 6.45) is 4.43. The van der Waals surface area contributed by atoms with Gasteiger partial charge in [-0.25, -0.2) is 9.97 Å². The summed E-state index contributed by atoms with van der Waals surface area (Å²) in [5, 5.41) is 4.86. The molecule has 0 aliphatic carbocycles. The van der Waals surface area contributed by atoms with Crippen LogP contribution in [-0.2, 0) is 0 Å². The highest BCUT2D eigenvalue weighted by molar-refractivity contribution is 8.00. The number of fused-ring (bicyclic) bond motifs is 1. The van der Waals surface area contributed by atoms with E-state index in [1.54, 1.807) is 11.3 Å². The minimum Gasteiger partial charge on any atom is -0.368 e. The Hall–Kier alpha value is -0.520. The summed E-state index contributed by atoms with van der Waals surface area (Å²) in [5.74, 6) is 0.852. The fourth-order valence-corrected chi connectivity index (χ4v) is 4.15. The second-order valence-corrected chi connectivity index (χ2v) is 7.71. The van der Waals surface area contributed by atoms with Crippen LogP contribution in [0, 0.1) is 6.92 Å². The van der Waals surface area contributed by atoms with E-state index in [9.17, 15) is 0 Å². The van der Waals surface area contributed by atoms with Crippen LogP contribution in [0.2, 0.25) is 5.28 Å². The van der Waals surface area contributed by atoms with Crippen molar-refractivity contribution in [2.24, 2.45) is 0 Å². The third-order valence-corrected chi connectivity index (χ3v) is 6.49. The molecule has 0 aliphatic heterocycles. The molecule has 20 heavy (non-hydrogen) atoms. The van der Waals surface area contributed by atoms with Crippen LogP contribution in [0.4, 0.5) is 5.82 Å². The molecule has 0 atom stereocenters. The number of aromatic nitrogens is 2. The predicted molar refractivity (Wildman–Crippen MR) is 92.5 cm³/mol. The van der Waals surface area contributed by atoms with Crippen LogP contribution >= 0.6 is 34.7 Å². The number of thioether (sulfide) groups is 1. The molecule has 0 aliphatic rings. The van der Waals surface area contributed by atoms with Crippen molar-refractivity contribution in [3.63, 3.8) is 0 Å². The molecular weight excluding hydrogens is 310 g/mol. The van der Waals surface area contributed by atoms with Gasteiger partial charge in [0.25, 0.3) is 0 Å². The molecule has 3 nitrogen and oxygen atoms in total. The molecule has 2 rings (SSSR count). The van der Waals surface area contributed by atoms with E-state index >= 15 is 0 Å². The largest absolute Gasteiger partial charge is 0.368 e. The average Bonchev–Trinajstić information content (AvgIpc) is 2.81. The van der Waals surface area contributed by atoms with Gasteiger partial charge in [0.2, 0.25) is 5.28 Å². The van der Waals surface area contributed by atoms with Gasteiger partial charge in [-0.3, -0.25) is 0 Å². The van der Waals surface area contributed by atoms with E-state index in [1.165, 1.54) is 4.88 Å². The van der Waals surface area contributed by atoms with Crippen LogP contribution in [0.1, 0.15) is 31.6 Å². The monoisotopic (exact) mass is 329 g/mol. The number of anilines is 1. The maximum atomic E-state index is 6.02. The first-order chi connectivity index (χ1) is 9.53. The zero-order valence-corrected chi connectivity index (χ0v) is 14.7. The average molecular weight is 330 g/mol. The summed E-state index contributed by atoms with van der Waals surface area (Å²) in [4.78, 5) is 10.8. The smallest absolute Gasteiger partial charge is 0.225 e. The van der Waals surface area contributed by atoms with Gasteiger partial charge in [0.15, 0.2) is 0 Å². The topological polar surface area (TPSA) is 37.8 Å². The lowest BCUT2D eigenvalue weighted by molar-refractivity contribution is 0.574. The van der Waals surface area contributed by atoms with Gasteiger partial charge in [-0.05, 0) is 43.7 Å². The number of halogens is 1. The van der Waals surface area contributed by atoms with Crippen molar-refractivity contribution >= 4 is 50.7 Å². The number of rotatable bonds is 6. The molecule has 0 amide bonds. The Morgan fingerprint density at radius 3 is 2.65 bits per heavy atom. The second-order valence-electron chi connectivity index (χ2n) is 4.86. The number of thiophene rings is 1. The first kappa shape index (κ1) is 15.9. The molecule has 2 aromatic heterocycles. The van der Waals surface area contributed by atoms with Gasteiger partial charge >= 0.3 is 0 Å². The molecule has 0 saturated carbocycles. The highest BCUT2D eigenvalue weighted by Crippen LogP contribution is 2.33. The lowest BCUT2D eigenvalue weighted by Gasteiger charge is -2.30. The van der Waals surface area contributed by atoms with Crippen LogP contribution in [0.15, 0.2) is 6.07 Å². The molecule has 6 heteroatoms. The Bertz CT molecular complexity index is 585. The predicted octanol–water partition coefficient (Wildman–Crippen LogP) is 4.99. The molecule has 1 N–H and O–H groups in total. The Kier molecular flexibility index (Phi) is 5.15. The highest BCUT2D eigenvalue weighted by atomic mass is 35.5. The summed E-state index contributed by atoms with van der Waals surface area (Å²) in [7, 11) is 0. The lowest BCUT2D eigenvalue weighted by Crippen LogP contribution is -2.32. The molecule has 110 valence electrons. The van der Waals surface area contributed by atoms with E-state index in [4.69, 9.17) is 11.6 Å². The number of aryl methyl sites for hydroxylation is 1. The third kappa shape index (κ3) is 3.21. The van der Waals surface area contributed by atoms with Crippen LogP contribution in [0.5, 0.6) is 0 Å². The minimum atomic E-state index is 0.245. The lowest BCUT2D eigenvalue weighted by atomic mass is 10.0. The number of hydrogen-bond acceptors (Lipinski definition) is 5. The number of hydrogen-bond donors (Lipinski definition) is 1. The molecule has 2 heterocycles. The molecule has 2 aromatic rings. The SMILES string of the molecule is CCC(CC)(CNc1nc(Cl)nc2sc(C)cc12)SC. The van der Waals surface area contributed by atoms with Crippen molar-refractivity contribution in [2.45, 2.75) is 38.4 Å². The summed E-state index contributed by atoms with van der Waals surface area (Å²) in [6, 6.07) is 2.12. The van der Waals surface area contributed by atoms with Gasteiger partial charge in [-0.15, -0.1) is 11.3 Å². The quantitative estimate of drug-likeness (QED) is 0.758. The van der Waals surface area contributed by atoms with E-state index in [0.717, 1.165) is 35.4 Å². The molecule has 0 radical (unpaired) electrons. The first-order valence-electron chi connectivity index (χ1n) is 6.76. The van der Waals surface area contributed by atoms with Gasteiger partial charge in [0.05, 0.1) is 5.39 Å². The van der Waals surface area contributed by atoms with E-state index in [-0.39, 0.29) is 4.75 Å². The van der Waals surface area contributed by atoms with Gasteiger partial charge < -0.3 is 5.32 Å². The first-order valence-corrected chi connectivity index (χ1v) is 9.18. The van der Waals surface area contributed by atoms with Crippen LogP contribution in [0.25, 0.3) is 10.2 Å². The standard InChI is InChI=1S/C14H20ClN3S2/c1-5-14(6-2,19-4)8-16-11-10-7-9(3)20-12(10)18-13(15)17-11/h7H,5-6,8H2,1-4H3,(H,16,17,18). The molecule has 0 spiro atoms. The summed E-state index contributed by atoms with van der Waals surface area (Å²) >= 11 is 9.59.